The lowest BCUT2D eigenvalue weighted by Gasteiger charge is -2.28. The van der Waals surface area contributed by atoms with E-state index in [4.69, 9.17) is 0 Å². The van der Waals surface area contributed by atoms with E-state index in [1.165, 1.54) is 6.07 Å². The second-order valence-electron chi connectivity index (χ2n) is 5.55. The van der Waals surface area contributed by atoms with Crippen LogP contribution in [-0.4, -0.2) is 0 Å². The fourth-order valence-corrected chi connectivity index (χ4v) is 2.84. The molecule has 0 heterocycles. The molecular formula is C15H19F3. The molecule has 1 fully saturated rings. The molecule has 0 bridgehead atoms. The molecule has 0 N–H and O–H groups in total. The van der Waals surface area contributed by atoms with Crippen LogP contribution in [0.15, 0.2) is 18.2 Å². The molecule has 0 atom stereocenters. The van der Waals surface area contributed by atoms with Crippen LogP contribution < -0.4 is 0 Å². The van der Waals surface area contributed by atoms with Crippen LogP contribution >= 0.6 is 0 Å². The molecule has 0 aliphatic heterocycles. The Morgan fingerprint density at radius 2 is 1.67 bits per heavy atom. The van der Waals surface area contributed by atoms with E-state index in [1.54, 1.807) is 19.1 Å². The van der Waals surface area contributed by atoms with E-state index in [0.717, 1.165) is 25.7 Å². The summed E-state index contributed by atoms with van der Waals surface area (Å²) in [5.74, 6) is 0.736. The van der Waals surface area contributed by atoms with Crippen molar-refractivity contribution in [1.29, 1.82) is 0 Å². The lowest BCUT2D eigenvalue weighted by Crippen LogP contribution is -2.16. The van der Waals surface area contributed by atoms with Crippen LogP contribution in [0.3, 0.4) is 0 Å². The molecule has 1 aliphatic rings. The molecule has 1 aromatic carbocycles. The van der Waals surface area contributed by atoms with Crippen molar-refractivity contribution >= 4 is 0 Å². The summed E-state index contributed by atoms with van der Waals surface area (Å²) in [6, 6.07) is 4.76. The summed E-state index contributed by atoms with van der Waals surface area (Å²) in [7, 11) is 0. The molecule has 0 saturated heterocycles. The summed E-state index contributed by atoms with van der Waals surface area (Å²) in [5.41, 5.74) is 0.748. The third kappa shape index (κ3) is 2.88. The molecule has 0 radical (unpaired) electrons. The van der Waals surface area contributed by atoms with Gasteiger partial charge in [0.05, 0.1) is 5.56 Å². The van der Waals surface area contributed by atoms with Crippen LogP contribution in [0.5, 0.6) is 0 Å². The summed E-state index contributed by atoms with van der Waals surface area (Å²) >= 11 is 0. The first kappa shape index (κ1) is 13.4. The van der Waals surface area contributed by atoms with Crippen LogP contribution in [-0.2, 0) is 6.18 Å². The summed E-state index contributed by atoms with van der Waals surface area (Å²) in [6.45, 7) is 3.89. The highest BCUT2D eigenvalue weighted by Crippen LogP contribution is 2.42. The first-order valence-electron chi connectivity index (χ1n) is 6.55. The van der Waals surface area contributed by atoms with Gasteiger partial charge in [0.15, 0.2) is 0 Å². The van der Waals surface area contributed by atoms with Crippen molar-refractivity contribution in [3.05, 3.63) is 34.9 Å². The van der Waals surface area contributed by atoms with E-state index in [1.807, 2.05) is 0 Å². The Kier molecular flexibility index (Phi) is 3.69. The van der Waals surface area contributed by atoms with E-state index < -0.39 is 11.7 Å². The Morgan fingerprint density at radius 1 is 1.06 bits per heavy atom. The Balaban J connectivity index is 2.32. The SMILES string of the molecule is Cc1ccc(C2CCC(C)CC2)c(C(F)(F)F)c1. The average molecular weight is 256 g/mol. The molecule has 0 nitrogen and oxygen atoms in total. The van der Waals surface area contributed by atoms with Crippen LogP contribution in [0, 0.1) is 12.8 Å². The third-order valence-corrected chi connectivity index (χ3v) is 3.97. The maximum absolute atomic E-state index is 13.1. The predicted molar refractivity (Wildman–Crippen MR) is 66.6 cm³/mol. The first-order chi connectivity index (χ1) is 8.38. The van der Waals surface area contributed by atoms with Gasteiger partial charge in [-0.1, -0.05) is 37.5 Å². The molecular weight excluding hydrogens is 237 g/mol. The Labute approximate surface area is 106 Å². The number of alkyl halides is 3. The number of rotatable bonds is 1. The molecule has 1 saturated carbocycles. The van der Waals surface area contributed by atoms with Gasteiger partial charge in [-0.15, -0.1) is 0 Å². The molecule has 1 aromatic rings. The molecule has 1 aliphatic carbocycles. The monoisotopic (exact) mass is 256 g/mol. The van der Waals surface area contributed by atoms with Gasteiger partial charge in [0.1, 0.15) is 0 Å². The van der Waals surface area contributed by atoms with Crippen LogP contribution in [0.4, 0.5) is 13.2 Å². The first-order valence-corrected chi connectivity index (χ1v) is 6.55. The van der Waals surface area contributed by atoms with Crippen molar-refractivity contribution in [2.24, 2.45) is 5.92 Å². The largest absolute Gasteiger partial charge is 0.416 e. The highest BCUT2D eigenvalue weighted by molar-refractivity contribution is 5.36. The van der Waals surface area contributed by atoms with Gasteiger partial charge < -0.3 is 0 Å². The molecule has 0 spiro atoms. The van der Waals surface area contributed by atoms with Gasteiger partial charge in [0.25, 0.3) is 0 Å². The van der Waals surface area contributed by atoms with Gasteiger partial charge in [0.2, 0.25) is 0 Å². The number of hydrogen-bond donors (Lipinski definition) is 0. The number of benzene rings is 1. The minimum absolute atomic E-state index is 0.0819. The molecule has 100 valence electrons. The highest BCUT2D eigenvalue weighted by Gasteiger charge is 2.35. The van der Waals surface area contributed by atoms with Gasteiger partial charge in [-0.3, -0.25) is 0 Å². The zero-order chi connectivity index (χ0) is 13.3. The Hall–Kier alpha value is -0.990. The highest BCUT2D eigenvalue weighted by atomic mass is 19.4. The predicted octanol–water partition coefficient (Wildman–Crippen LogP) is 5.31. The summed E-state index contributed by atoms with van der Waals surface area (Å²) < 4.78 is 39.2. The standard InChI is InChI=1S/C15H19F3/c1-10-3-6-12(7-4-10)13-8-5-11(2)9-14(13)15(16,17)18/h5,8-10,12H,3-4,6-7H2,1-2H3. The van der Waals surface area contributed by atoms with Crippen LogP contribution in [0.2, 0.25) is 0 Å². The lowest BCUT2D eigenvalue weighted by molar-refractivity contribution is -0.138. The fourth-order valence-electron chi connectivity index (χ4n) is 2.84. The molecule has 18 heavy (non-hydrogen) atoms. The van der Waals surface area contributed by atoms with E-state index in [0.29, 0.717) is 17.0 Å². The van der Waals surface area contributed by atoms with Crippen molar-refractivity contribution in [2.45, 2.75) is 51.6 Å². The van der Waals surface area contributed by atoms with E-state index in [-0.39, 0.29) is 5.92 Å². The summed E-state index contributed by atoms with van der Waals surface area (Å²) in [5, 5.41) is 0. The van der Waals surface area contributed by atoms with Crippen molar-refractivity contribution in [3.8, 4) is 0 Å². The van der Waals surface area contributed by atoms with Gasteiger partial charge in [-0.05, 0) is 43.2 Å². The fraction of sp³-hybridized carbons (Fsp3) is 0.600. The van der Waals surface area contributed by atoms with Crippen molar-refractivity contribution in [2.75, 3.05) is 0 Å². The van der Waals surface area contributed by atoms with Gasteiger partial charge in [-0.2, -0.15) is 13.2 Å². The molecule has 2 rings (SSSR count). The van der Waals surface area contributed by atoms with Gasteiger partial charge in [0, 0.05) is 0 Å². The summed E-state index contributed by atoms with van der Waals surface area (Å²) in [6.07, 6.45) is -0.392. The molecule has 3 heteroatoms. The van der Waals surface area contributed by atoms with E-state index in [9.17, 15) is 13.2 Å². The topological polar surface area (TPSA) is 0 Å². The quantitative estimate of drug-likeness (QED) is 0.639. The van der Waals surface area contributed by atoms with E-state index >= 15 is 0 Å². The second kappa shape index (κ2) is 4.94. The second-order valence-corrected chi connectivity index (χ2v) is 5.55. The van der Waals surface area contributed by atoms with Crippen LogP contribution in [0.1, 0.15) is 55.2 Å². The molecule has 0 aromatic heterocycles. The van der Waals surface area contributed by atoms with Crippen molar-refractivity contribution in [1.82, 2.24) is 0 Å². The Bertz CT molecular complexity index is 412. The van der Waals surface area contributed by atoms with Crippen molar-refractivity contribution in [3.63, 3.8) is 0 Å². The maximum atomic E-state index is 13.1. The smallest absolute Gasteiger partial charge is 0.166 e. The van der Waals surface area contributed by atoms with Gasteiger partial charge >= 0.3 is 6.18 Å². The minimum atomic E-state index is -4.23. The lowest BCUT2D eigenvalue weighted by atomic mass is 9.78. The van der Waals surface area contributed by atoms with E-state index in [2.05, 4.69) is 6.92 Å². The van der Waals surface area contributed by atoms with Crippen molar-refractivity contribution < 1.29 is 13.2 Å². The molecule has 0 unspecified atom stereocenters. The normalized spacial score (nSPS) is 25.2. The number of halogens is 3. The minimum Gasteiger partial charge on any atom is -0.166 e. The third-order valence-electron chi connectivity index (χ3n) is 3.97. The zero-order valence-corrected chi connectivity index (χ0v) is 10.8. The number of hydrogen-bond acceptors (Lipinski definition) is 0. The zero-order valence-electron chi connectivity index (χ0n) is 10.8. The average Bonchev–Trinajstić information content (AvgIpc) is 2.29. The van der Waals surface area contributed by atoms with Crippen LogP contribution in [0.25, 0.3) is 0 Å². The maximum Gasteiger partial charge on any atom is 0.416 e. The van der Waals surface area contributed by atoms with Gasteiger partial charge in [-0.25, -0.2) is 0 Å². The Morgan fingerprint density at radius 3 is 2.22 bits per heavy atom. The summed E-state index contributed by atoms with van der Waals surface area (Å²) in [4.78, 5) is 0. The number of aryl methyl sites for hydroxylation is 1. The molecule has 0 amide bonds.